The van der Waals surface area contributed by atoms with Gasteiger partial charge >= 0.3 is 0 Å². The molecule has 1 N–H and O–H groups in total. The van der Waals surface area contributed by atoms with Crippen LogP contribution in [-0.4, -0.2) is 37.7 Å². The van der Waals surface area contributed by atoms with Crippen molar-refractivity contribution in [1.29, 1.82) is 0 Å². The van der Waals surface area contributed by atoms with E-state index in [1.165, 1.54) is 12.1 Å². The van der Waals surface area contributed by atoms with Gasteiger partial charge < -0.3 is 14.8 Å². The maximum atomic E-state index is 14.1. The number of anilines is 1. The maximum absolute atomic E-state index is 14.1. The molecular weight excluding hydrogens is 459 g/mol. The highest BCUT2D eigenvalue weighted by molar-refractivity contribution is 5.94. The molecule has 5 rings (SSSR count). The zero-order chi connectivity index (χ0) is 25.6. The summed E-state index contributed by atoms with van der Waals surface area (Å²) in [4.78, 5) is 32.8. The molecule has 36 heavy (non-hydrogen) atoms. The van der Waals surface area contributed by atoms with Crippen LogP contribution in [0.3, 0.4) is 0 Å². The number of rotatable bonds is 5. The van der Waals surface area contributed by atoms with Gasteiger partial charge in [-0.2, -0.15) is 0 Å². The summed E-state index contributed by atoms with van der Waals surface area (Å²) in [5, 5.41) is 7.73. The van der Waals surface area contributed by atoms with Crippen molar-refractivity contribution in [3.8, 4) is 0 Å². The van der Waals surface area contributed by atoms with Crippen LogP contribution < -0.4 is 15.8 Å². The summed E-state index contributed by atoms with van der Waals surface area (Å²) in [7, 11) is 0. The predicted molar refractivity (Wildman–Crippen MR) is 136 cm³/mol. The number of carbonyl (C=O) groups is 1. The number of imidazole rings is 1. The summed E-state index contributed by atoms with van der Waals surface area (Å²) in [5.74, 6) is -0.0254. The molecule has 0 spiro atoms. The lowest BCUT2D eigenvalue weighted by molar-refractivity contribution is 0.0937. The van der Waals surface area contributed by atoms with Gasteiger partial charge in [-0.15, -0.1) is 5.10 Å². The summed E-state index contributed by atoms with van der Waals surface area (Å²) in [6, 6.07) is 11.4. The van der Waals surface area contributed by atoms with Gasteiger partial charge in [0.2, 0.25) is 0 Å². The Labute approximate surface area is 208 Å². The van der Waals surface area contributed by atoms with Crippen molar-refractivity contribution in [3.63, 3.8) is 0 Å². The summed E-state index contributed by atoms with van der Waals surface area (Å²) in [6.45, 7) is 8.11. The fraction of sp³-hybridized carbons (Fsp3) is 0.333. The van der Waals surface area contributed by atoms with E-state index in [0.717, 1.165) is 22.5 Å². The molecule has 8 nitrogen and oxygen atoms in total. The quantitative estimate of drug-likeness (QED) is 0.459. The maximum Gasteiger partial charge on any atom is 0.263 e. The Kier molecular flexibility index (Phi) is 6.07. The molecule has 2 atom stereocenters. The standard InChI is InChI=1S/C27H29FN6O2/c1-16(2)34-18(4)17(3)12-22(27(34)36)26(35)30-21-14-23(19-6-5-7-20(28)13-19)32(15-21)25-9-8-24-29-10-11-33(24)31-25/h5-13,16,21,23H,14-15H2,1-4H3,(H,30,35)/t21-,23+/m0/s1. The number of nitrogens with zero attached hydrogens (tertiary/aromatic N) is 5. The molecule has 1 saturated heterocycles. The Hall–Kier alpha value is -4.01. The molecule has 1 aliphatic heterocycles. The number of hydrogen-bond acceptors (Lipinski definition) is 5. The van der Waals surface area contributed by atoms with E-state index >= 15 is 0 Å². The van der Waals surface area contributed by atoms with E-state index in [0.29, 0.717) is 18.8 Å². The number of amides is 1. The average Bonchev–Trinajstić information content (AvgIpc) is 3.47. The van der Waals surface area contributed by atoms with E-state index in [1.54, 1.807) is 33.6 Å². The number of pyridine rings is 1. The minimum absolute atomic E-state index is 0.0625. The van der Waals surface area contributed by atoms with Crippen LogP contribution in [0.5, 0.6) is 0 Å². The minimum Gasteiger partial charge on any atom is -0.347 e. The molecule has 0 aliphatic carbocycles. The van der Waals surface area contributed by atoms with Crippen molar-refractivity contribution < 1.29 is 9.18 Å². The first kappa shape index (κ1) is 23.7. The molecule has 186 valence electrons. The van der Waals surface area contributed by atoms with E-state index in [2.05, 4.69) is 20.3 Å². The summed E-state index contributed by atoms with van der Waals surface area (Å²) in [5.41, 5.74) is 3.09. The summed E-state index contributed by atoms with van der Waals surface area (Å²) in [6.07, 6.45) is 3.99. The van der Waals surface area contributed by atoms with Gasteiger partial charge in [0.25, 0.3) is 11.5 Å². The number of nitrogens with one attached hydrogen (secondary N) is 1. The number of hydrogen-bond donors (Lipinski definition) is 1. The van der Waals surface area contributed by atoms with E-state index in [9.17, 15) is 14.0 Å². The van der Waals surface area contributed by atoms with E-state index < -0.39 is 5.91 Å². The lowest BCUT2D eigenvalue weighted by Gasteiger charge is -2.25. The topological polar surface area (TPSA) is 84.5 Å². The second kappa shape index (κ2) is 9.22. The number of benzene rings is 1. The van der Waals surface area contributed by atoms with Crippen LogP contribution in [-0.2, 0) is 0 Å². The van der Waals surface area contributed by atoms with Gasteiger partial charge in [-0.1, -0.05) is 12.1 Å². The summed E-state index contributed by atoms with van der Waals surface area (Å²) >= 11 is 0. The number of aromatic nitrogens is 4. The molecule has 1 aromatic carbocycles. The second-order valence-electron chi connectivity index (χ2n) is 9.65. The third-order valence-electron chi connectivity index (χ3n) is 6.91. The van der Waals surface area contributed by atoms with Crippen LogP contribution in [0.25, 0.3) is 5.65 Å². The van der Waals surface area contributed by atoms with Gasteiger partial charge in [0.05, 0.1) is 6.04 Å². The van der Waals surface area contributed by atoms with Crippen LogP contribution >= 0.6 is 0 Å². The Bertz CT molecular complexity index is 1510. The molecule has 9 heteroatoms. The van der Waals surface area contributed by atoms with Crippen LogP contribution in [0.15, 0.2) is 59.7 Å². The molecule has 4 heterocycles. The number of halogens is 1. The zero-order valence-electron chi connectivity index (χ0n) is 20.8. The van der Waals surface area contributed by atoms with Crippen molar-refractivity contribution in [2.24, 2.45) is 0 Å². The molecule has 0 bridgehead atoms. The van der Waals surface area contributed by atoms with E-state index in [-0.39, 0.29) is 35.1 Å². The van der Waals surface area contributed by atoms with Crippen molar-refractivity contribution in [2.75, 3.05) is 11.4 Å². The third-order valence-corrected chi connectivity index (χ3v) is 6.91. The average molecular weight is 489 g/mol. The molecule has 1 fully saturated rings. The highest BCUT2D eigenvalue weighted by atomic mass is 19.1. The first-order chi connectivity index (χ1) is 17.2. The molecule has 0 unspecified atom stereocenters. The molecule has 3 aromatic heterocycles. The smallest absolute Gasteiger partial charge is 0.263 e. The van der Waals surface area contributed by atoms with Gasteiger partial charge in [-0.25, -0.2) is 13.9 Å². The normalized spacial score (nSPS) is 17.8. The minimum atomic E-state index is -0.402. The van der Waals surface area contributed by atoms with Crippen molar-refractivity contribution in [3.05, 3.63) is 93.4 Å². The van der Waals surface area contributed by atoms with Crippen LogP contribution in [0.4, 0.5) is 10.2 Å². The van der Waals surface area contributed by atoms with Crippen LogP contribution in [0.2, 0.25) is 0 Å². The fourth-order valence-electron chi connectivity index (χ4n) is 5.08. The summed E-state index contributed by atoms with van der Waals surface area (Å²) < 4.78 is 17.5. The molecule has 1 aliphatic rings. The molecule has 0 saturated carbocycles. The van der Waals surface area contributed by atoms with Gasteiger partial charge in [0, 0.05) is 36.7 Å². The number of carbonyl (C=O) groups excluding carboxylic acids is 1. The van der Waals surface area contributed by atoms with Crippen LogP contribution in [0.1, 0.15) is 59.5 Å². The molecule has 4 aromatic rings. The largest absolute Gasteiger partial charge is 0.347 e. The van der Waals surface area contributed by atoms with Crippen molar-refractivity contribution in [1.82, 2.24) is 24.5 Å². The number of aryl methyl sites for hydroxylation is 1. The van der Waals surface area contributed by atoms with Gasteiger partial charge in [0.1, 0.15) is 17.2 Å². The lowest BCUT2D eigenvalue weighted by Crippen LogP contribution is -2.41. The predicted octanol–water partition coefficient (Wildman–Crippen LogP) is 3.98. The Morgan fingerprint density at radius 1 is 1.17 bits per heavy atom. The number of fused-ring (bicyclic) bond motifs is 1. The third kappa shape index (κ3) is 4.25. The monoisotopic (exact) mass is 488 g/mol. The lowest BCUT2D eigenvalue weighted by atomic mass is 10.0. The molecule has 1 amide bonds. The van der Waals surface area contributed by atoms with Gasteiger partial charge in [-0.3, -0.25) is 9.59 Å². The molecular formula is C27H29FN6O2. The Balaban J connectivity index is 1.47. The molecule has 0 radical (unpaired) electrons. The Morgan fingerprint density at radius 2 is 1.97 bits per heavy atom. The fourth-order valence-corrected chi connectivity index (χ4v) is 5.08. The highest BCUT2D eigenvalue weighted by Crippen LogP contribution is 2.35. The second-order valence-corrected chi connectivity index (χ2v) is 9.65. The Morgan fingerprint density at radius 3 is 2.72 bits per heavy atom. The first-order valence-electron chi connectivity index (χ1n) is 12.1. The van der Waals surface area contributed by atoms with Crippen LogP contribution in [0, 0.1) is 19.7 Å². The zero-order valence-corrected chi connectivity index (χ0v) is 20.8. The first-order valence-corrected chi connectivity index (χ1v) is 12.1. The van der Waals surface area contributed by atoms with Crippen molar-refractivity contribution in [2.45, 2.75) is 52.2 Å². The van der Waals surface area contributed by atoms with Crippen molar-refractivity contribution >= 4 is 17.4 Å². The van der Waals surface area contributed by atoms with Gasteiger partial charge in [0.15, 0.2) is 5.65 Å². The highest BCUT2D eigenvalue weighted by Gasteiger charge is 2.36. The van der Waals surface area contributed by atoms with E-state index in [1.807, 2.05) is 45.9 Å². The SMILES string of the molecule is Cc1cc(C(=O)N[C@H]2C[C@H](c3cccc(F)c3)N(c3ccc4nccn4n3)C2)c(=O)n(C(C)C)c1C. The van der Waals surface area contributed by atoms with Gasteiger partial charge in [-0.05, 0) is 75.6 Å². The van der Waals surface area contributed by atoms with E-state index in [4.69, 9.17) is 0 Å².